The van der Waals surface area contributed by atoms with Gasteiger partial charge in [-0.15, -0.1) is 0 Å². The molecule has 4 nitrogen and oxygen atoms in total. The fourth-order valence-electron chi connectivity index (χ4n) is 1.31. The number of benzene rings is 1. The zero-order chi connectivity index (χ0) is 13.8. The molecule has 0 amide bonds. The second kappa shape index (κ2) is 6.27. The zero-order valence-electron chi connectivity index (χ0n) is 9.65. The molecule has 18 heavy (non-hydrogen) atoms. The third kappa shape index (κ3) is 3.77. The van der Waals surface area contributed by atoms with E-state index in [0.29, 0.717) is 6.42 Å². The van der Waals surface area contributed by atoms with Crippen molar-refractivity contribution < 1.29 is 12.8 Å². The molecule has 1 aromatic carbocycles. The molecule has 1 rings (SSSR count). The molecule has 0 saturated carbocycles. The number of sulfonamides is 1. The average molecular weight is 335 g/mol. The fourth-order valence-corrected chi connectivity index (χ4v) is 2.89. The lowest BCUT2D eigenvalue weighted by atomic mass is 10.2. The third-order valence-electron chi connectivity index (χ3n) is 2.35. The quantitative estimate of drug-likeness (QED) is 0.899. The van der Waals surface area contributed by atoms with E-state index in [1.54, 1.807) is 6.92 Å². The predicted octanol–water partition coefficient (Wildman–Crippen LogP) is 2.56. The molecule has 0 radical (unpaired) electrons. The van der Waals surface area contributed by atoms with Crippen molar-refractivity contribution in [2.45, 2.75) is 30.7 Å². The topological polar surface area (TPSA) is 70.0 Å². The van der Waals surface area contributed by atoms with Gasteiger partial charge in [-0.05, 0) is 40.5 Å². The Hall–Kier alpha value is -0.970. The Balaban J connectivity index is 2.99. The van der Waals surface area contributed by atoms with Crippen molar-refractivity contribution in [1.82, 2.24) is 4.72 Å². The van der Waals surface area contributed by atoms with Gasteiger partial charge < -0.3 is 0 Å². The van der Waals surface area contributed by atoms with Crippen LogP contribution in [0.5, 0.6) is 0 Å². The molecule has 98 valence electrons. The van der Waals surface area contributed by atoms with Gasteiger partial charge in [0.1, 0.15) is 5.82 Å². The van der Waals surface area contributed by atoms with Crippen LogP contribution < -0.4 is 4.72 Å². The van der Waals surface area contributed by atoms with Gasteiger partial charge in [0.15, 0.2) is 0 Å². The summed E-state index contributed by atoms with van der Waals surface area (Å²) in [5, 5.41) is 8.56. The number of rotatable bonds is 5. The monoisotopic (exact) mass is 334 g/mol. The minimum atomic E-state index is -3.79. The molecular formula is C11H12BrFN2O2S. The molecule has 7 heteroatoms. The van der Waals surface area contributed by atoms with Gasteiger partial charge in [0, 0.05) is 6.04 Å². The molecule has 1 N–H and O–H groups in total. The molecule has 0 aliphatic heterocycles. The molecule has 1 atom stereocenters. The van der Waals surface area contributed by atoms with Crippen molar-refractivity contribution in [3.63, 3.8) is 0 Å². The molecular weight excluding hydrogens is 323 g/mol. The predicted molar refractivity (Wildman–Crippen MR) is 68.7 cm³/mol. The summed E-state index contributed by atoms with van der Waals surface area (Å²) in [7, 11) is -3.79. The Morgan fingerprint density at radius 3 is 2.72 bits per heavy atom. The van der Waals surface area contributed by atoms with Crippen LogP contribution in [0.1, 0.15) is 19.8 Å². The standard InChI is InChI=1S/C11H12BrFN2O2S/c1-2-8(5-6-14)15-18(16,17)9-3-4-10(12)11(13)7-9/h3-4,7-8,15H,2,5H2,1H3. The van der Waals surface area contributed by atoms with Gasteiger partial charge in [0.05, 0.1) is 21.9 Å². The molecule has 0 saturated heterocycles. The van der Waals surface area contributed by atoms with Crippen LogP contribution in [0.25, 0.3) is 0 Å². The van der Waals surface area contributed by atoms with E-state index in [0.717, 1.165) is 6.07 Å². The Morgan fingerprint density at radius 1 is 1.56 bits per heavy atom. The van der Waals surface area contributed by atoms with Gasteiger partial charge in [-0.3, -0.25) is 0 Å². The highest BCUT2D eigenvalue weighted by Gasteiger charge is 2.19. The molecule has 0 aliphatic carbocycles. The lowest BCUT2D eigenvalue weighted by Gasteiger charge is -2.14. The average Bonchev–Trinajstić information content (AvgIpc) is 2.31. The highest BCUT2D eigenvalue weighted by Crippen LogP contribution is 2.19. The lowest BCUT2D eigenvalue weighted by Crippen LogP contribution is -2.34. The van der Waals surface area contributed by atoms with Gasteiger partial charge in [-0.1, -0.05) is 6.92 Å². The summed E-state index contributed by atoms with van der Waals surface area (Å²) >= 11 is 2.95. The van der Waals surface area contributed by atoms with Crippen molar-refractivity contribution in [3.8, 4) is 6.07 Å². The minimum absolute atomic E-state index is 0.0781. The first-order valence-electron chi connectivity index (χ1n) is 5.25. The zero-order valence-corrected chi connectivity index (χ0v) is 12.1. The first kappa shape index (κ1) is 15.1. The first-order valence-corrected chi connectivity index (χ1v) is 7.52. The smallest absolute Gasteiger partial charge is 0.207 e. The van der Waals surface area contributed by atoms with Crippen molar-refractivity contribution in [3.05, 3.63) is 28.5 Å². The molecule has 0 bridgehead atoms. The molecule has 0 spiro atoms. The SMILES string of the molecule is CCC(CC#N)NS(=O)(=O)c1ccc(Br)c(F)c1. The van der Waals surface area contributed by atoms with Crippen LogP contribution in [0.3, 0.4) is 0 Å². The third-order valence-corrected chi connectivity index (χ3v) is 4.51. The maximum atomic E-state index is 13.3. The molecule has 0 aromatic heterocycles. The maximum Gasteiger partial charge on any atom is 0.240 e. The van der Waals surface area contributed by atoms with Crippen molar-refractivity contribution in [2.75, 3.05) is 0 Å². The molecule has 1 aromatic rings. The molecule has 0 fully saturated rings. The summed E-state index contributed by atoms with van der Waals surface area (Å²) in [5.41, 5.74) is 0. The maximum absolute atomic E-state index is 13.3. The number of nitrogens with zero attached hydrogens (tertiary/aromatic N) is 1. The van der Waals surface area contributed by atoms with E-state index >= 15 is 0 Å². The summed E-state index contributed by atoms with van der Waals surface area (Å²) < 4.78 is 39.7. The Labute approximate surface area is 114 Å². The van der Waals surface area contributed by atoms with Crippen LogP contribution in [0.4, 0.5) is 4.39 Å². The largest absolute Gasteiger partial charge is 0.240 e. The van der Waals surface area contributed by atoms with Crippen molar-refractivity contribution in [1.29, 1.82) is 5.26 Å². The van der Waals surface area contributed by atoms with Gasteiger partial charge >= 0.3 is 0 Å². The first-order chi connectivity index (χ1) is 8.40. The van der Waals surface area contributed by atoms with Gasteiger partial charge in [-0.25, -0.2) is 17.5 Å². The van der Waals surface area contributed by atoms with E-state index in [1.807, 2.05) is 6.07 Å². The van der Waals surface area contributed by atoms with Crippen LogP contribution in [-0.2, 0) is 10.0 Å². The second-order valence-corrected chi connectivity index (χ2v) is 6.23. The van der Waals surface area contributed by atoms with Crippen LogP contribution in [0, 0.1) is 17.1 Å². The summed E-state index contributed by atoms with van der Waals surface area (Å²) in [6.07, 6.45) is 0.570. The van der Waals surface area contributed by atoms with Crippen LogP contribution in [0.15, 0.2) is 27.6 Å². The number of nitriles is 1. The normalized spacial score (nSPS) is 13.0. The van der Waals surface area contributed by atoms with Crippen LogP contribution >= 0.6 is 15.9 Å². The van der Waals surface area contributed by atoms with E-state index < -0.39 is 21.9 Å². The van der Waals surface area contributed by atoms with Crippen LogP contribution in [-0.4, -0.2) is 14.5 Å². The number of halogens is 2. The second-order valence-electron chi connectivity index (χ2n) is 3.66. The molecule has 1 unspecified atom stereocenters. The van der Waals surface area contributed by atoms with E-state index in [4.69, 9.17) is 5.26 Å². The number of nitrogens with one attached hydrogen (secondary N) is 1. The van der Waals surface area contributed by atoms with Crippen molar-refractivity contribution in [2.24, 2.45) is 0 Å². The number of hydrogen-bond acceptors (Lipinski definition) is 3. The highest BCUT2D eigenvalue weighted by molar-refractivity contribution is 9.10. The highest BCUT2D eigenvalue weighted by atomic mass is 79.9. The number of hydrogen-bond donors (Lipinski definition) is 1. The minimum Gasteiger partial charge on any atom is -0.207 e. The molecule has 0 heterocycles. The van der Waals surface area contributed by atoms with E-state index in [1.165, 1.54) is 12.1 Å². The Morgan fingerprint density at radius 2 is 2.22 bits per heavy atom. The van der Waals surface area contributed by atoms with E-state index in [2.05, 4.69) is 20.7 Å². The van der Waals surface area contributed by atoms with Gasteiger partial charge in [0.2, 0.25) is 10.0 Å². The van der Waals surface area contributed by atoms with Crippen molar-refractivity contribution >= 4 is 26.0 Å². The van der Waals surface area contributed by atoms with Gasteiger partial charge in [-0.2, -0.15) is 5.26 Å². The lowest BCUT2D eigenvalue weighted by molar-refractivity contribution is 0.541. The Bertz CT molecular complexity index is 569. The van der Waals surface area contributed by atoms with Crippen LogP contribution in [0.2, 0.25) is 0 Å². The Kier molecular flexibility index (Phi) is 5.26. The fraction of sp³-hybridized carbons (Fsp3) is 0.364. The summed E-state index contributed by atoms with van der Waals surface area (Å²) in [6.45, 7) is 1.77. The molecule has 0 aliphatic rings. The summed E-state index contributed by atoms with van der Waals surface area (Å²) in [4.78, 5) is -0.153. The van der Waals surface area contributed by atoms with Gasteiger partial charge in [0.25, 0.3) is 0 Å². The summed E-state index contributed by atoms with van der Waals surface area (Å²) in [6, 6.07) is 5.00. The van der Waals surface area contributed by atoms with E-state index in [9.17, 15) is 12.8 Å². The van der Waals surface area contributed by atoms with E-state index in [-0.39, 0.29) is 15.8 Å². The summed E-state index contributed by atoms with van der Waals surface area (Å²) in [5.74, 6) is -0.647.